The zero-order chi connectivity index (χ0) is 13.4. The Kier molecular flexibility index (Phi) is 6.20. The SMILES string of the molecule is COCC(CCCN)Nc1cccc(C)c1C#N. The third kappa shape index (κ3) is 4.02. The van der Waals surface area contributed by atoms with E-state index in [1.165, 1.54) is 0 Å². The van der Waals surface area contributed by atoms with Gasteiger partial charge < -0.3 is 15.8 Å². The van der Waals surface area contributed by atoms with Crippen LogP contribution in [-0.4, -0.2) is 26.3 Å². The van der Waals surface area contributed by atoms with Crippen LogP contribution in [0, 0.1) is 18.3 Å². The van der Waals surface area contributed by atoms with Crippen LogP contribution in [0.1, 0.15) is 24.0 Å². The average Bonchev–Trinajstić information content (AvgIpc) is 2.36. The summed E-state index contributed by atoms with van der Waals surface area (Å²) in [4.78, 5) is 0. The molecule has 4 nitrogen and oxygen atoms in total. The highest BCUT2D eigenvalue weighted by atomic mass is 16.5. The number of nitriles is 1. The fraction of sp³-hybridized carbons (Fsp3) is 0.500. The van der Waals surface area contributed by atoms with Gasteiger partial charge in [0.05, 0.1) is 17.9 Å². The van der Waals surface area contributed by atoms with E-state index < -0.39 is 0 Å². The lowest BCUT2D eigenvalue weighted by Crippen LogP contribution is -2.26. The molecule has 0 aliphatic rings. The average molecular weight is 247 g/mol. The van der Waals surface area contributed by atoms with E-state index in [0.29, 0.717) is 18.7 Å². The van der Waals surface area contributed by atoms with Gasteiger partial charge in [-0.15, -0.1) is 0 Å². The summed E-state index contributed by atoms with van der Waals surface area (Å²) in [6.07, 6.45) is 1.87. The van der Waals surface area contributed by atoms with E-state index in [4.69, 9.17) is 10.5 Å². The summed E-state index contributed by atoms with van der Waals surface area (Å²) in [5, 5.41) is 12.5. The van der Waals surface area contributed by atoms with Crippen molar-refractivity contribution in [2.24, 2.45) is 5.73 Å². The van der Waals surface area contributed by atoms with Gasteiger partial charge in [-0.05, 0) is 37.9 Å². The van der Waals surface area contributed by atoms with Crippen LogP contribution in [0.25, 0.3) is 0 Å². The van der Waals surface area contributed by atoms with Crippen LogP contribution in [0.5, 0.6) is 0 Å². The lowest BCUT2D eigenvalue weighted by atomic mass is 10.1. The number of nitrogens with one attached hydrogen (secondary N) is 1. The molecule has 1 aromatic rings. The Labute approximate surface area is 109 Å². The summed E-state index contributed by atoms with van der Waals surface area (Å²) in [6.45, 7) is 3.22. The number of aryl methyl sites for hydroxylation is 1. The van der Waals surface area contributed by atoms with Crippen LogP contribution in [0.4, 0.5) is 5.69 Å². The molecule has 0 fully saturated rings. The third-order valence-electron chi connectivity index (χ3n) is 2.87. The Morgan fingerprint density at radius 1 is 1.50 bits per heavy atom. The summed E-state index contributed by atoms with van der Waals surface area (Å²) in [5.41, 5.74) is 8.08. The summed E-state index contributed by atoms with van der Waals surface area (Å²) >= 11 is 0. The van der Waals surface area contributed by atoms with Gasteiger partial charge >= 0.3 is 0 Å². The van der Waals surface area contributed by atoms with Gasteiger partial charge in [0.1, 0.15) is 6.07 Å². The fourth-order valence-corrected chi connectivity index (χ4v) is 1.92. The molecule has 0 aliphatic carbocycles. The van der Waals surface area contributed by atoms with Gasteiger partial charge in [0.15, 0.2) is 0 Å². The zero-order valence-electron chi connectivity index (χ0n) is 11.1. The molecule has 3 N–H and O–H groups in total. The van der Waals surface area contributed by atoms with E-state index in [-0.39, 0.29) is 6.04 Å². The molecular formula is C14H21N3O. The van der Waals surface area contributed by atoms with E-state index in [1.807, 2.05) is 25.1 Å². The second-order valence-electron chi connectivity index (χ2n) is 4.34. The maximum absolute atomic E-state index is 9.18. The van der Waals surface area contributed by atoms with Crippen LogP contribution < -0.4 is 11.1 Å². The van der Waals surface area contributed by atoms with Gasteiger partial charge in [0.25, 0.3) is 0 Å². The highest BCUT2D eigenvalue weighted by molar-refractivity contribution is 5.61. The largest absolute Gasteiger partial charge is 0.383 e. The number of nitrogens with zero attached hydrogens (tertiary/aromatic N) is 1. The maximum Gasteiger partial charge on any atom is 0.102 e. The standard InChI is InChI=1S/C14H21N3O/c1-11-5-3-7-14(13(11)9-16)17-12(10-18-2)6-4-8-15/h3,5,7,12,17H,4,6,8,10,15H2,1-2H3. The van der Waals surface area contributed by atoms with E-state index in [9.17, 15) is 5.26 Å². The van der Waals surface area contributed by atoms with Gasteiger partial charge in [0, 0.05) is 13.2 Å². The summed E-state index contributed by atoms with van der Waals surface area (Å²) in [7, 11) is 1.68. The van der Waals surface area contributed by atoms with Crippen LogP contribution in [0.3, 0.4) is 0 Å². The molecule has 0 spiro atoms. The molecule has 1 rings (SSSR count). The molecule has 98 valence electrons. The molecular weight excluding hydrogens is 226 g/mol. The Balaban J connectivity index is 2.80. The van der Waals surface area contributed by atoms with Crippen LogP contribution >= 0.6 is 0 Å². The lowest BCUT2D eigenvalue weighted by Gasteiger charge is -2.20. The van der Waals surface area contributed by atoms with Crippen molar-refractivity contribution in [2.45, 2.75) is 25.8 Å². The molecule has 0 radical (unpaired) electrons. The Bertz CT molecular complexity index is 412. The Morgan fingerprint density at radius 3 is 2.89 bits per heavy atom. The second kappa shape index (κ2) is 7.70. The molecule has 1 aromatic carbocycles. The lowest BCUT2D eigenvalue weighted by molar-refractivity contribution is 0.182. The number of nitrogens with two attached hydrogens (primary N) is 1. The van der Waals surface area contributed by atoms with E-state index in [1.54, 1.807) is 7.11 Å². The third-order valence-corrected chi connectivity index (χ3v) is 2.87. The molecule has 4 heteroatoms. The minimum absolute atomic E-state index is 0.187. The highest BCUT2D eigenvalue weighted by Gasteiger charge is 2.11. The van der Waals surface area contributed by atoms with Crippen molar-refractivity contribution in [1.82, 2.24) is 0 Å². The molecule has 0 amide bonds. The monoisotopic (exact) mass is 247 g/mol. The number of benzene rings is 1. The minimum Gasteiger partial charge on any atom is -0.383 e. The van der Waals surface area contributed by atoms with Gasteiger partial charge in [-0.1, -0.05) is 12.1 Å². The Morgan fingerprint density at radius 2 is 2.28 bits per heavy atom. The van der Waals surface area contributed by atoms with E-state index >= 15 is 0 Å². The first kappa shape index (κ1) is 14.5. The smallest absolute Gasteiger partial charge is 0.102 e. The van der Waals surface area contributed by atoms with Crippen molar-refractivity contribution >= 4 is 5.69 Å². The van der Waals surface area contributed by atoms with Crippen molar-refractivity contribution in [2.75, 3.05) is 25.6 Å². The summed E-state index contributed by atoms with van der Waals surface area (Å²) in [5.74, 6) is 0. The van der Waals surface area contributed by atoms with Crippen molar-refractivity contribution in [3.05, 3.63) is 29.3 Å². The predicted molar refractivity (Wildman–Crippen MR) is 73.5 cm³/mol. The normalized spacial score (nSPS) is 11.9. The minimum atomic E-state index is 0.187. The first-order valence-electron chi connectivity index (χ1n) is 6.18. The number of methoxy groups -OCH3 is 1. The van der Waals surface area contributed by atoms with Crippen molar-refractivity contribution < 1.29 is 4.74 Å². The summed E-state index contributed by atoms with van der Waals surface area (Å²) < 4.78 is 5.19. The van der Waals surface area contributed by atoms with Crippen LogP contribution in [0.15, 0.2) is 18.2 Å². The quantitative estimate of drug-likeness (QED) is 0.773. The van der Waals surface area contributed by atoms with E-state index in [2.05, 4.69) is 11.4 Å². The molecule has 0 heterocycles. The molecule has 0 aromatic heterocycles. The number of ether oxygens (including phenoxy) is 1. The van der Waals surface area contributed by atoms with Gasteiger partial charge in [-0.2, -0.15) is 5.26 Å². The van der Waals surface area contributed by atoms with Crippen molar-refractivity contribution in [3.63, 3.8) is 0 Å². The second-order valence-corrected chi connectivity index (χ2v) is 4.34. The first-order valence-corrected chi connectivity index (χ1v) is 6.18. The Hall–Kier alpha value is -1.57. The van der Waals surface area contributed by atoms with Crippen LogP contribution in [0.2, 0.25) is 0 Å². The molecule has 0 saturated carbocycles. The maximum atomic E-state index is 9.18. The molecule has 18 heavy (non-hydrogen) atoms. The summed E-state index contributed by atoms with van der Waals surface area (Å²) in [6, 6.07) is 8.24. The van der Waals surface area contributed by atoms with Crippen molar-refractivity contribution in [3.8, 4) is 6.07 Å². The number of rotatable bonds is 7. The first-order chi connectivity index (χ1) is 8.72. The fourth-order valence-electron chi connectivity index (χ4n) is 1.92. The van der Waals surface area contributed by atoms with E-state index in [0.717, 1.165) is 24.1 Å². The molecule has 1 atom stereocenters. The predicted octanol–water partition coefficient (Wildman–Crippen LogP) is 2.03. The molecule has 1 unspecified atom stereocenters. The van der Waals surface area contributed by atoms with Gasteiger partial charge in [-0.3, -0.25) is 0 Å². The number of hydrogen-bond donors (Lipinski definition) is 2. The molecule has 0 aliphatic heterocycles. The number of hydrogen-bond acceptors (Lipinski definition) is 4. The van der Waals surface area contributed by atoms with Gasteiger partial charge in [-0.25, -0.2) is 0 Å². The molecule has 0 bridgehead atoms. The van der Waals surface area contributed by atoms with Crippen molar-refractivity contribution in [1.29, 1.82) is 5.26 Å². The highest BCUT2D eigenvalue weighted by Crippen LogP contribution is 2.20. The zero-order valence-corrected chi connectivity index (χ0v) is 11.1. The molecule has 0 saturated heterocycles. The van der Waals surface area contributed by atoms with Gasteiger partial charge in [0.2, 0.25) is 0 Å². The number of anilines is 1. The van der Waals surface area contributed by atoms with Crippen LogP contribution in [-0.2, 0) is 4.74 Å². The topological polar surface area (TPSA) is 71.1 Å².